The van der Waals surface area contributed by atoms with Gasteiger partial charge in [-0.05, 0) is 59.9 Å². The second-order valence-electron chi connectivity index (χ2n) is 9.44. The largest absolute Gasteiger partial charge is 1.00 e. The summed E-state index contributed by atoms with van der Waals surface area (Å²) in [6.45, 7) is 0.420. The summed E-state index contributed by atoms with van der Waals surface area (Å²) in [5.41, 5.74) is 3.41. The van der Waals surface area contributed by atoms with Crippen LogP contribution in [0.3, 0.4) is 0 Å². The number of allylic oxidation sites excluding steroid dienone is 1. The van der Waals surface area contributed by atoms with E-state index >= 15 is 0 Å². The minimum Gasteiger partial charge on any atom is -0.545 e. The SMILES string of the molecule is O=C([O-])/C(=C(\CC1CCCCC1)C(=O)c1ccc(OCc2ccccc2)cc1)c1ccc2nsnc2c1.[Na+]. The third-order valence-corrected chi connectivity index (χ3v) is 7.46. The molecule has 38 heavy (non-hydrogen) atoms. The first-order valence-corrected chi connectivity index (χ1v) is 13.3. The molecule has 1 aliphatic carbocycles. The third kappa shape index (κ3) is 6.77. The zero-order valence-electron chi connectivity index (χ0n) is 21.4. The van der Waals surface area contributed by atoms with Gasteiger partial charge in [-0.25, -0.2) is 0 Å². The smallest absolute Gasteiger partial charge is 0.545 e. The summed E-state index contributed by atoms with van der Waals surface area (Å²) >= 11 is 1.07. The van der Waals surface area contributed by atoms with Gasteiger partial charge in [0, 0.05) is 16.7 Å². The summed E-state index contributed by atoms with van der Waals surface area (Å²) < 4.78 is 14.3. The summed E-state index contributed by atoms with van der Waals surface area (Å²) in [5, 5.41) is 12.5. The Kier molecular flexibility index (Phi) is 9.86. The van der Waals surface area contributed by atoms with Gasteiger partial charge in [-0.1, -0.05) is 68.5 Å². The molecule has 4 aromatic rings. The van der Waals surface area contributed by atoms with Crippen LogP contribution in [0, 0.1) is 5.92 Å². The van der Waals surface area contributed by atoms with Crippen molar-refractivity contribution in [1.82, 2.24) is 8.75 Å². The zero-order chi connectivity index (χ0) is 25.6. The van der Waals surface area contributed by atoms with Crippen molar-refractivity contribution in [1.29, 1.82) is 0 Å². The predicted molar refractivity (Wildman–Crippen MR) is 142 cm³/mol. The van der Waals surface area contributed by atoms with Crippen LogP contribution in [0.4, 0.5) is 0 Å². The topological polar surface area (TPSA) is 92.2 Å². The van der Waals surface area contributed by atoms with Gasteiger partial charge in [-0.3, -0.25) is 4.79 Å². The van der Waals surface area contributed by atoms with Crippen LogP contribution in [0.1, 0.15) is 60.0 Å². The van der Waals surface area contributed by atoms with Crippen molar-refractivity contribution >= 4 is 40.1 Å². The van der Waals surface area contributed by atoms with Gasteiger partial charge >= 0.3 is 29.6 Å². The molecule has 0 saturated heterocycles. The van der Waals surface area contributed by atoms with Crippen LogP contribution in [0.15, 0.2) is 78.4 Å². The van der Waals surface area contributed by atoms with Gasteiger partial charge in [0.05, 0.1) is 17.7 Å². The molecule has 5 rings (SSSR count). The number of carboxylic acids is 1. The second kappa shape index (κ2) is 13.3. The van der Waals surface area contributed by atoms with E-state index in [1.807, 2.05) is 30.3 Å². The number of Topliss-reactive ketones (excluding diaryl/α,β-unsaturated/α-hetero) is 1. The normalized spacial score (nSPS) is 14.4. The van der Waals surface area contributed by atoms with Gasteiger partial charge < -0.3 is 14.6 Å². The number of fused-ring (bicyclic) bond motifs is 1. The molecule has 1 saturated carbocycles. The molecule has 0 radical (unpaired) electrons. The molecule has 1 aliphatic rings. The number of rotatable bonds is 9. The van der Waals surface area contributed by atoms with Crippen molar-refractivity contribution in [3.63, 3.8) is 0 Å². The first kappa shape index (κ1) is 28.2. The number of carboxylic acid groups (broad SMARTS) is 1. The molecule has 1 aromatic heterocycles. The summed E-state index contributed by atoms with van der Waals surface area (Å²) in [6.07, 6.45) is 5.74. The molecule has 1 fully saturated rings. The molecule has 0 spiro atoms. The molecule has 6 nitrogen and oxygen atoms in total. The summed E-state index contributed by atoms with van der Waals surface area (Å²) in [7, 11) is 0. The third-order valence-electron chi connectivity index (χ3n) is 6.90. The Hall–Kier alpha value is -2.84. The fraction of sp³-hybridized carbons (Fsp3) is 0.267. The van der Waals surface area contributed by atoms with Crippen LogP contribution in [0.5, 0.6) is 5.75 Å². The fourth-order valence-electron chi connectivity index (χ4n) is 4.96. The van der Waals surface area contributed by atoms with Crippen molar-refractivity contribution in [2.75, 3.05) is 0 Å². The number of benzene rings is 3. The average Bonchev–Trinajstić information content (AvgIpc) is 3.41. The molecular formula is C30H27N2NaO4S. The van der Waals surface area contributed by atoms with Crippen molar-refractivity contribution in [2.45, 2.75) is 45.1 Å². The van der Waals surface area contributed by atoms with Crippen LogP contribution in [-0.2, 0) is 11.4 Å². The van der Waals surface area contributed by atoms with Crippen molar-refractivity contribution in [3.8, 4) is 5.75 Å². The molecule has 1 heterocycles. The predicted octanol–water partition coefficient (Wildman–Crippen LogP) is 2.63. The van der Waals surface area contributed by atoms with Gasteiger partial charge in [-0.2, -0.15) is 8.75 Å². The van der Waals surface area contributed by atoms with Gasteiger partial charge in [0.15, 0.2) is 5.78 Å². The molecular weight excluding hydrogens is 507 g/mol. The van der Waals surface area contributed by atoms with Crippen LogP contribution < -0.4 is 39.4 Å². The second-order valence-corrected chi connectivity index (χ2v) is 9.97. The molecule has 0 unspecified atom stereocenters. The molecule has 0 amide bonds. The van der Waals surface area contributed by atoms with Gasteiger partial charge in [-0.15, -0.1) is 0 Å². The van der Waals surface area contributed by atoms with Gasteiger partial charge in [0.25, 0.3) is 0 Å². The van der Waals surface area contributed by atoms with E-state index in [0.29, 0.717) is 40.9 Å². The van der Waals surface area contributed by atoms with E-state index in [-0.39, 0.29) is 52.4 Å². The number of ether oxygens (including phenoxy) is 1. The minimum atomic E-state index is -1.36. The Morgan fingerprint density at radius 3 is 2.26 bits per heavy atom. The van der Waals surface area contributed by atoms with Gasteiger partial charge in [0.2, 0.25) is 0 Å². The number of aromatic nitrogens is 2. The van der Waals surface area contributed by atoms with Crippen LogP contribution in [-0.4, -0.2) is 20.5 Å². The van der Waals surface area contributed by atoms with E-state index in [1.54, 1.807) is 42.5 Å². The summed E-state index contributed by atoms with van der Waals surface area (Å²) in [4.78, 5) is 26.3. The maximum absolute atomic E-state index is 13.8. The Labute approximate surface area is 248 Å². The van der Waals surface area contributed by atoms with Crippen molar-refractivity contribution in [3.05, 3.63) is 95.1 Å². The maximum atomic E-state index is 13.8. The Bertz CT molecular complexity index is 1430. The molecule has 0 bridgehead atoms. The number of nitrogens with zero attached hydrogens (tertiary/aromatic N) is 2. The van der Waals surface area contributed by atoms with E-state index in [0.717, 1.165) is 43.0 Å². The van der Waals surface area contributed by atoms with E-state index in [4.69, 9.17) is 4.74 Å². The number of aliphatic carboxylic acids is 1. The quantitative estimate of drug-likeness (QED) is 0.186. The molecule has 3 aromatic carbocycles. The van der Waals surface area contributed by atoms with Crippen LogP contribution in [0.2, 0.25) is 0 Å². The molecule has 0 aliphatic heterocycles. The maximum Gasteiger partial charge on any atom is 1.00 e. The zero-order valence-corrected chi connectivity index (χ0v) is 24.2. The minimum absolute atomic E-state index is 0. The first-order valence-electron chi connectivity index (χ1n) is 12.6. The number of hydrogen-bond acceptors (Lipinski definition) is 7. The Morgan fingerprint density at radius 1 is 0.868 bits per heavy atom. The van der Waals surface area contributed by atoms with Gasteiger partial charge in [0.1, 0.15) is 23.4 Å². The number of carbonyl (C=O) groups excluding carboxylic acids is 2. The Morgan fingerprint density at radius 2 is 1.55 bits per heavy atom. The Balaban J connectivity index is 0.00000336. The van der Waals surface area contributed by atoms with E-state index in [2.05, 4.69) is 8.75 Å². The molecule has 0 N–H and O–H groups in total. The molecule has 0 atom stereocenters. The van der Waals surface area contributed by atoms with Crippen LogP contribution >= 0.6 is 11.7 Å². The standard InChI is InChI=1S/C30H28N2O4S.Na/c33-29(22-11-14-24(15-12-22)36-19-21-9-5-2-6-10-21)25(17-20-7-3-1-4-8-20)28(30(34)35)23-13-16-26-27(18-23)32-37-31-26;/h2,5-6,9-16,18,20H,1,3-4,7-8,17,19H2,(H,34,35);/q;+1/p-1/b28-25+;. The number of ketones is 1. The van der Waals surface area contributed by atoms with E-state index in [1.165, 1.54) is 6.42 Å². The van der Waals surface area contributed by atoms with Crippen LogP contribution in [0.25, 0.3) is 16.6 Å². The summed E-state index contributed by atoms with van der Waals surface area (Å²) in [5.74, 6) is -0.750. The monoisotopic (exact) mass is 534 g/mol. The molecule has 8 heteroatoms. The molecule has 188 valence electrons. The average molecular weight is 535 g/mol. The van der Waals surface area contributed by atoms with Crippen molar-refractivity contribution in [2.24, 2.45) is 5.92 Å². The number of hydrogen-bond donors (Lipinski definition) is 0. The first-order chi connectivity index (χ1) is 18.1. The number of carbonyl (C=O) groups is 2. The van der Waals surface area contributed by atoms with E-state index in [9.17, 15) is 14.7 Å². The van der Waals surface area contributed by atoms with Crippen molar-refractivity contribution < 1.29 is 49.0 Å². The van der Waals surface area contributed by atoms with E-state index < -0.39 is 5.97 Å². The summed E-state index contributed by atoms with van der Waals surface area (Å²) in [6, 6.07) is 21.8. The fourth-order valence-corrected chi connectivity index (χ4v) is 5.48.